The van der Waals surface area contributed by atoms with Crippen LogP contribution in [0, 0.1) is 5.82 Å². The third kappa shape index (κ3) is 4.68. The standard InChI is InChI=1S/C12H15BrFNOS/c1-3-17-7-8(2)15-12(16)10-6-9(13)4-5-11(10)14/h4-6,8H,3,7H2,1-2H3,(H,15,16). The van der Waals surface area contributed by atoms with E-state index in [1.807, 2.05) is 6.92 Å². The first-order chi connectivity index (χ1) is 8.04. The molecule has 0 aliphatic rings. The van der Waals surface area contributed by atoms with Gasteiger partial charge in [0.25, 0.3) is 5.91 Å². The number of nitrogens with one attached hydrogen (secondary N) is 1. The SMILES string of the molecule is CCSCC(C)NC(=O)c1cc(Br)ccc1F. The lowest BCUT2D eigenvalue weighted by molar-refractivity contribution is 0.0939. The molecule has 1 aromatic rings. The molecule has 0 fully saturated rings. The quantitative estimate of drug-likeness (QED) is 0.900. The van der Waals surface area contributed by atoms with E-state index in [1.165, 1.54) is 12.1 Å². The highest BCUT2D eigenvalue weighted by Crippen LogP contribution is 2.15. The molecule has 0 spiro atoms. The summed E-state index contributed by atoms with van der Waals surface area (Å²) in [6.45, 7) is 3.98. The summed E-state index contributed by atoms with van der Waals surface area (Å²) in [5.41, 5.74) is 0.0766. The highest BCUT2D eigenvalue weighted by molar-refractivity contribution is 9.10. The number of hydrogen-bond acceptors (Lipinski definition) is 2. The van der Waals surface area contributed by atoms with Crippen LogP contribution in [0.2, 0.25) is 0 Å². The molecule has 1 unspecified atom stereocenters. The fourth-order valence-electron chi connectivity index (χ4n) is 1.31. The van der Waals surface area contributed by atoms with Crippen LogP contribution >= 0.6 is 27.7 Å². The summed E-state index contributed by atoms with van der Waals surface area (Å²) in [6, 6.07) is 4.38. The minimum atomic E-state index is -0.499. The lowest BCUT2D eigenvalue weighted by atomic mass is 10.2. The average molecular weight is 320 g/mol. The topological polar surface area (TPSA) is 29.1 Å². The Morgan fingerprint density at radius 2 is 2.29 bits per heavy atom. The van der Waals surface area contributed by atoms with E-state index in [2.05, 4.69) is 28.2 Å². The van der Waals surface area contributed by atoms with Gasteiger partial charge in [0.05, 0.1) is 5.56 Å². The third-order valence-electron chi connectivity index (χ3n) is 2.12. The first-order valence-electron chi connectivity index (χ1n) is 5.38. The minimum absolute atomic E-state index is 0.0332. The summed E-state index contributed by atoms with van der Waals surface area (Å²) in [6.07, 6.45) is 0. The van der Waals surface area contributed by atoms with Gasteiger partial charge in [0.1, 0.15) is 5.82 Å². The van der Waals surface area contributed by atoms with Gasteiger partial charge >= 0.3 is 0 Å². The Labute approximate surface area is 113 Å². The second-order valence-electron chi connectivity index (χ2n) is 3.66. The Morgan fingerprint density at radius 3 is 2.94 bits per heavy atom. The average Bonchev–Trinajstić information content (AvgIpc) is 2.29. The number of carbonyl (C=O) groups is 1. The molecule has 17 heavy (non-hydrogen) atoms. The van der Waals surface area contributed by atoms with Gasteiger partial charge in [-0.15, -0.1) is 0 Å². The van der Waals surface area contributed by atoms with Crippen molar-refractivity contribution in [2.75, 3.05) is 11.5 Å². The van der Waals surface area contributed by atoms with Gasteiger partial charge in [-0.05, 0) is 30.9 Å². The van der Waals surface area contributed by atoms with Gasteiger partial charge in [0.15, 0.2) is 0 Å². The van der Waals surface area contributed by atoms with Crippen molar-refractivity contribution in [2.45, 2.75) is 19.9 Å². The third-order valence-corrected chi connectivity index (χ3v) is 3.76. The number of hydrogen-bond donors (Lipinski definition) is 1. The highest BCUT2D eigenvalue weighted by atomic mass is 79.9. The summed E-state index contributed by atoms with van der Waals surface area (Å²) >= 11 is 4.96. The van der Waals surface area contributed by atoms with Crippen LogP contribution < -0.4 is 5.32 Å². The fraction of sp³-hybridized carbons (Fsp3) is 0.417. The van der Waals surface area contributed by atoms with Gasteiger partial charge in [-0.2, -0.15) is 11.8 Å². The van der Waals surface area contributed by atoms with E-state index in [9.17, 15) is 9.18 Å². The molecule has 0 aliphatic heterocycles. The summed E-state index contributed by atoms with van der Waals surface area (Å²) in [5.74, 6) is 0.970. The van der Waals surface area contributed by atoms with E-state index in [4.69, 9.17) is 0 Å². The lowest BCUT2D eigenvalue weighted by Crippen LogP contribution is -2.34. The number of amides is 1. The monoisotopic (exact) mass is 319 g/mol. The molecule has 1 N–H and O–H groups in total. The van der Waals surface area contributed by atoms with E-state index in [1.54, 1.807) is 17.8 Å². The van der Waals surface area contributed by atoms with Crippen LogP contribution in [0.1, 0.15) is 24.2 Å². The molecule has 5 heteroatoms. The Bertz CT molecular complexity index is 400. The molecule has 0 heterocycles. The molecule has 1 aromatic carbocycles. The fourth-order valence-corrected chi connectivity index (χ4v) is 2.34. The molecule has 0 aromatic heterocycles. The molecule has 0 saturated carbocycles. The molecule has 1 amide bonds. The molecular weight excluding hydrogens is 305 g/mol. The number of carbonyl (C=O) groups excluding carboxylic acids is 1. The number of thioether (sulfide) groups is 1. The molecule has 1 atom stereocenters. The van der Waals surface area contributed by atoms with E-state index in [-0.39, 0.29) is 17.5 Å². The number of halogens is 2. The summed E-state index contributed by atoms with van der Waals surface area (Å²) in [5, 5.41) is 2.78. The van der Waals surface area contributed by atoms with Crippen molar-refractivity contribution in [2.24, 2.45) is 0 Å². The van der Waals surface area contributed by atoms with Gasteiger partial charge in [0.2, 0.25) is 0 Å². The predicted octanol–water partition coefficient (Wildman–Crippen LogP) is 3.46. The first kappa shape index (κ1) is 14.5. The molecule has 0 saturated heterocycles. The Kier molecular flexibility index (Phi) is 5.98. The van der Waals surface area contributed by atoms with Crippen LogP contribution in [0.25, 0.3) is 0 Å². The van der Waals surface area contributed by atoms with Crippen molar-refractivity contribution < 1.29 is 9.18 Å². The maximum Gasteiger partial charge on any atom is 0.254 e. The Balaban J connectivity index is 2.66. The predicted molar refractivity (Wildman–Crippen MR) is 74.0 cm³/mol. The van der Waals surface area contributed by atoms with Crippen LogP contribution in [-0.2, 0) is 0 Å². The summed E-state index contributed by atoms with van der Waals surface area (Å²) < 4.78 is 14.1. The van der Waals surface area contributed by atoms with Crippen molar-refractivity contribution >= 4 is 33.6 Å². The van der Waals surface area contributed by atoms with Crippen molar-refractivity contribution in [1.82, 2.24) is 5.32 Å². The van der Waals surface area contributed by atoms with Crippen molar-refractivity contribution in [3.63, 3.8) is 0 Å². The first-order valence-corrected chi connectivity index (χ1v) is 7.33. The largest absolute Gasteiger partial charge is 0.349 e. The van der Waals surface area contributed by atoms with Gasteiger partial charge in [-0.3, -0.25) is 4.79 Å². The van der Waals surface area contributed by atoms with Crippen LogP contribution in [0.3, 0.4) is 0 Å². The summed E-state index contributed by atoms with van der Waals surface area (Å²) in [4.78, 5) is 11.8. The van der Waals surface area contributed by atoms with Gasteiger partial charge in [-0.25, -0.2) is 4.39 Å². The molecule has 1 rings (SSSR count). The maximum atomic E-state index is 13.4. The minimum Gasteiger partial charge on any atom is -0.349 e. The maximum absolute atomic E-state index is 13.4. The van der Waals surface area contributed by atoms with Gasteiger partial charge < -0.3 is 5.32 Å². The smallest absolute Gasteiger partial charge is 0.254 e. The second-order valence-corrected chi connectivity index (χ2v) is 5.89. The summed E-state index contributed by atoms with van der Waals surface area (Å²) in [7, 11) is 0. The zero-order chi connectivity index (χ0) is 12.8. The van der Waals surface area contributed by atoms with Crippen LogP contribution in [0.5, 0.6) is 0 Å². The normalized spacial score (nSPS) is 12.2. The van der Waals surface area contributed by atoms with E-state index < -0.39 is 5.82 Å². The molecular formula is C12H15BrFNOS. The zero-order valence-electron chi connectivity index (χ0n) is 9.80. The Morgan fingerprint density at radius 1 is 1.59 bits per heavy atom. The molecule has 2 nitrogen and oxygen atoms in total. The van der Waals surface area contributed by atoms with Gasteiger partial charge in [0, 0.05) is 16.3 Å². The zero-order valence-corrected chi connectivity index (χ0v) is 12.2. The van der Waals surface area contributed by atoms with Crippen molar-refractivity contribution in [3.05, 3.63) is 34.1 Å². The molecule has 0 aliphatic carbocycles. The molecule has 0 bridgehead atoms. The van der Waals surface area contributed by atoms with Gasteiger partial charge in [-0.1, -0.05) is 22.9 Å². The van der Waals surface area contributed by atoms with E-state index in [0.717, 1.165) is 11.5 Å². The van der Waals surface area contributed by atoms with Crippen LogP contribution in [-0.4, -0.2) is 23.5 Å². The number of benzene rings is 1. The Hall–Kier alpha value is -0.550. The van der Waals surface area contributed by atoms with Crippen molar-refractivity contribution in [1.29, 1.82) is 0 Å². The molecule has 0 radical (unpaired) electrons. The van der Waals surface area contributed by atoms with Crippen molar-refractivity contribution in [3.8, 4) is 0 Å². The highest BCUT2D eigenvalue weighted by Gasteiger charge is 2.14. The number of rotatable bonds is 5. The second kappa shape index (κ2) is 7.01. The van der Waals surface area contributed by atoms with E-state index in [0.29, 0.717) is 4.47 Å². The molecule has 94 valence electrons. The van der Waals surface area contributed by atoms with Crippen LogP contribution in [0.4, 0.5) is 4.39 Å². The van der Waals surface area contributed by atoms with Crippen LogP contribution in [0.15, 0.2) is 22.7 Å². The lowest BCUT2D eigenvalue weighted by Gasteiger charge is -2.13. The van der Waals surface area contributed by atoms with E-state index >= 15 is 0 Å².